The summed E-state index contributed by atoms with van der Waals surface area (Å²) in [4.78, 5) is 12.6. The fourth-order valence-electron chi connectivity index (χ4n) is 2.61. The van der Waals surface area contributed by atoms with Gasteiger partial charge in [0.15, 0.2) is 0 Å². The molecule has 4 nitrogen and oxygen atoms in total. The smallest absolute Gasteiger partial charge is 0.266 e. The molecule has 3 rings (SSSR count). The topological polar surface area (TPSA) is 62.1 Å². The van der Waals surface area contributed by atoms with Crippen LogP contribution in [0, 0.1) is 11.3 Å². The number of nitriles is 1. The fraction of sp³-hybridized carbons (Fsp3) is 0.0435. The van der Waals surface area contributed by atoms with Crippen molar-refractivity contribution in [2.45, 2.75) is 6.61 Å². The third-order valence-corrected chi connectivity index (χ3v) is 5.90. The molecule has 1 amide bonds. The Morgan fingerprint density at radius 3 is 2.55 bits per heavy atom. The minimum Gasteiger partial charge on any atom is -0.488 e. The van der Waals surface area contributed by atoms with Crippen LogP contribution in [-0.2, 0) is 11.4 Å². The van der Waals surface area contributed by atoms with Crippen LogP contribution in [0.3, 0.4) is 0 Å². The van der Waals surface area contributed by atoms with Crippen LogP contribution < -0.4 is 10.1 Å². The van der Waals surface area contributed by atoms with Crippen LogP contribution in [0.4, 0.5) is 5.69 Å². The number of halogens is 4. The van der Waals surface area contributed by atoms with Crippen molar-refractivity contribution in [2.24, 2.45) is 0 Å². The molecule has 3 aromatic carbocycles. The van der Waals surface area contributed by atoms with Gasteiger partial charge in [0.25, 0.3) is 5.91 Å². The molecular formula is C23H14BrCl3N2O2. The van der Waals surface area contributed by atoms with E-state index in [1.54, 1.807) is 30.3 Å². The van der Waals surface area contributed by atoms with E-state index in [1.165, 1.54) is 12.1 Å². The highest BCUT2D eigenvalue weighted by Gasteiger charge is 2.13. The van der Waals surface area contributed by atoms with Gasteiger partial charge in [-0.2, -0.15) is 5.26 Å². The quantitative estimate of drug-likeness (QED) is 0.262. The highest BCUT2D eigenvalue weighted by Crippen LogP contribution is 2.28. The highest BCUT2D eigenvalue weighted by molar-refractivity contribution is 9.10. The lowest BCUT2D eigenvalue weighted by Gasteiger charge is -2.11. The molecule has 0 aliphatic carbocycles. The normalized spacial score (nSPS) is 11.0. The van der Waals surface area contributed by atoms with Gasteiger partial charge in [0.2, 0.25) is 0 Å². The van der Waals surface area contributed by atoms with Gasteiger partial charge in [-0.3, -0.25) is 4.79 Å². The number of nitrogens with one attached hydrogen (secondary N) is 1. The van der Waals surface area contributed by atoms with Gasteiger partial charge in [0.1, 0.15) is 24.0 Å². The minimum atomic E-state index is -0.599. The first-order chi connectivity index (χ1) is 14.9. The summed E-state index contributed by atoms with van der Waals surface area (Å²) >= 11 is 21.5. The highest BCUT2D eigenvalue weighted by atomic mass is 79.9. The third-order valence-electron chi connectivity index (χ3n) is 4.16. The zero-order valence-corrected chi connectivity index (χ0v) is 19.7. The van der Waals surface area contributed by atoms with Crippen LogP contribution in [0.5, 0.6) is 5.75 Å². The summed E-state index contributed by atoms with van der Waals surface area (Å²) in [5.74, 6) is -0.118. The van der Waals surface area contributed by atoms with E-state index in [0.717, 1.165) is 10.0 Å². The van der Waals surface area contributed by atoms with Crippen LogP contribution in [0.2, 0.25) is 15.1 Å². The lowest BCUT2D eigenvalue weighted by atomic mass is 10.1. The van der Waals surface area contributed by atoms with E-state index in [1.807, 2.05) is 30.3 Å². The summed E-state index contributed by atoms with van der Waals surface area (Å²) in [5.41, 5.74) is 1.74. The number of rotatable bonds is 6. The molecule has 0 bridgehead atoms. The molecule has 0 unspecified atom stereocenters. The SMILES string of the molecule is N#C/C(=C\c1cc(Cl)ccc1OCc1ccccc1Br)C(=O)Nc1ccc(Cl)c(Cl)c1. The Balaban J connectivity index is 1.84. The maximum Gasteiger partial charge on any atom is 0.266 e. The predicted octanol–water partition coefficient (Wildman–Crippen LogP) is 7.53. The van der Waals surface area contributed by atoms with Crippen molar-refractivity contribution in [3.63, 3.8) is 0 Å². The number of carbonyl (C=O) groups excluding carboxylic acids is 1. The Kier molecular flexibility index (Phi) is 8.00. The first kappa shape index (κ1) is 23.2. The van der Waals surface area contributed by atoms with Gasteiger partial charge in [-0.05, 0) is 48.5 Å². The van der Waals surface area contributed by atoms with E-state index in [0.29, 0.717) is 38.7 Å². The molecule has 1 N–H and O–H groups in total. The largest absolute Gasteiger partial charge is 0.488 e. The molecule has 8 heteroatoms. The molecular weight excluding hydrogens is 523 g/mol. The molecule has 31 heavy (non-hydrogen) atoms. The average Bonchev–Trinajstić information content (AvgIpc) is 2.75. The second kappa shape index (κ2) is 10.7. The molecule has 0 saturated heterocycles. The van der Waals surface area contributed by atoms with Gasteiger partial charge in [0, 0.05) is 26.3 Å². The second-order valence-electron chi connectivity index (χ2n) is 6.32. The van der Waals surface area contributed by atoms with Gasteiger partial charge in [-0.1, -0.05) is 68.9 Å². The fourth-order valence-corrected chi connectivity index (χ4v) is 3.49. The number of carbonyl (C=O) groups is 1. The van der Waals surface area contributed by atoms with Crippen molar-refractivity contribution in [1.82, 2.24) is 0 Å². The standard InChI is InChI=1S/C23H14BrCl3N2O2/c24-19-4-2-1-3-14(19)13-31-22-8-5-17(25)10-15(22)9-16(12-28)23(30)29-18-6-7-20(26)21(27)11-18/h1-11H,13H2,(H,29,30)/b16-9+. The summed E-state index contributed by atoms with van der Waals surface area (Å²) in [6.07, 6.45) is 1.42. The number of ether oxygens (including phenoxy) is 1. The number of benzene rings is 3. The average molecular weight is 537 g/mol. The third kappa shape index (κ3) is 6.25. The number of nitrogens with zero attached hydrogens (tertiary/aromatic N) is 1. The maximum absolute atomic E-state index is 12.6. The Morgan fingerprint density at radius 1 is 1.06 bits per heavy atom. The van der Waals surface area contributed by atoms with E-state index in [-0.39, 0.29) is 5.57 Å². The van der Waals surface area contributed by atoms with Crippen molar-refractivity contribution in [1.29, 1.82) is 5.26 Å². The van der Waals surface area contributed by atoms with E-state index in [4.69, 9.17) is 39.5 Å². The van der Waals surface area contributed by atoms with Crippen LogP contribution in [0.25, 0.3) is 6.08 Å². The lowest BCUT2D eigenvalue weighted by molar-refractivity contribution is -0.112. The Bertz CT molecular complexity index is 1210. The predicted molar refractivity (Wildman–Crippen MR) is 129 cm³/mol. The maximum atomic E-state index is 12.6. The molecule has 0 saturated carbocycles. The minimum absolute atomic E-state index is 0.126. The molecule has 0 aliphatic heterocycles. The molecule has 0 fully saturated rings. The summed E-state index contributed by atoms with van der Waals surface area (Å²) in [7, 11) is 0. The van der Waals surface area contributed by atoms with Crippen LogP contribution in [0.15, 0.2) is 70.7 Å². The molecule has 0 heterocycles. The summed E-state index contributed by atoms with van der Waals surface area (Å²) in [6, 6.07) is 19.2. The monoisotopic (exact) mass is 534 g/mol. The first-order valence-corrected chi connectivity index (χ1v) is 10.8. The van der Waals surface area contributed by atoms with E-state index >= 15 is 0 Å². The Hall–Kier alpha value is -2.49. The molecule has 0 atom stereocenters. The number of anilines is 1. The number of amides is 1. The van der Waals surface area contributed by atoms with E-state index in [9.17, 15) is 10.1 Å². The molecule has 156 valence electrons. The summed E-state index contributed by atoms with van der Waals surface area (Å²) in [6.45, 7) is 0.293. The molecule has 3 aromatic rings. The van der Waals surface area contributed by atoms with Crippen LogP contribution >= 0.6 is 50.7 Å². The van der Waals surface area contributed by atoms with E-state index < -0.39 is 5.91 Å². The summed E-state index contributed by atoms with van der Waals surface area (Å²) in [5, 5.41) is 13.3. The number of hydrogen-bond donors (Lipinski definition) is 1. The molecule has 0 spiro atoms. The molecule has 0 aromatic heterocycles. The van der Waals surface area contributed by atoms with Crippen molar-refractivity contribution < 1.29 is 9.53 Å². The van der Waals surface area contributed by atoms with E-state index in [2.05, 4.69) is 21.2 Å². The second-order valence-corrected chi connectivity index (χ2v) is 8.42. The Labute approximate surface area is 203 Å². The van der Waals surface area contributed by atoms with Gasteiger partial charge in [-0.15, -0.1) is 0 Å². The van der Waals surface area contributed by atoms with Crippen molar-refractivity contribution in [3.8, 4) is 11.8 Å². The Morgan fingerprint density at radius 2 is 1.84 bits per heavy atom. The van der Waals surface area contributed by atoms with Gasteiger partial charge in [-0.25, -0.2) is 0 Å². The zero-order chi connectivity index (χ0) is 22.4. The van der Waals surface area contributed by atoms with Gasteiger partial charge >= 0.3 is 0 Å². The molecule has 0 radical (unpaired) electrons. The van der Waals surface area contributed by atoms with Crippen molar-refractivity contribution in [3.05, 3.63) is 96.9 Å². The van der Waals surface area contributed by atoms with Gasteiger partial charge < -0.3 is 10.1 Å². The summed E-state index contributed by atoms with van der Waals surface area (Å²) < 4.78 is 6.84. The van der Waals surface area contributed by atoms with Crippen LogP contribution in [0.1, 0.15) is 11.1 Å². The lowest BCUT2D eigenvalue weighted by Crippen LogP contribution is -2.13. The molecule has 0 aliphatic rings. The van der Waals surface area contributed by atoms with Crippen LogP contribution in [-0.4, -0.2) is 5.91 Å². The van der Waals surface area contributed by atoms with Crippen molar-refractivity contribution in [2.75, 3.05) is 5.32 Å². The number of hydrogen-bond acceptors (Lipinski definition) is 3. The van der Waals surface area contributed by atoms with Gasteiger partial charge in [0.05, 0.1) is 10.0 Å². The van der Waals surface area contributed by atoms with Crippen molar-refractivity contribution >= 4 is 68.4 Å². The zero-order valence-electron chi connectivity index (χ0n) is 15.8. The first-order valence-electron chi connectivity index (χ1n) is 8.91.